The molecule has 27 heavy (non-hydrogen) atoms. The Morgan fingerprint density at radius 1 is 1.07 bits per heavy atom. The number of rotatable bonds is 10. The van der Waals surface area contributed by atoms with Gasteiger partial charge in [-0.3, -0.25) is 4.99 Å². The van der Waals surface area contributed by atoms with Crippen LogP contribution in [0.2, 0.25) is 0 Å². The van der Waals surface area contributed by atoms with Crippen LogP contribution < -0.4 is 15.4 Å². The average Bonchev–Trinajstić information content (AvgIpc) is 2.70. The maximum atomic E-state index is 5.67. The van der Waals surface area contributed by atoms with Crippen LogP contribution in [0.4, 0.5) is 0 Å². The first-order valence-corrected chi connectivity index (χ1v) is 8.71. The van der Waals surface area contributed by atoms with Gasteiger partial charge in [0.05, 0.1) is 13.2 Å². The SMILES string of the molecule is C=CCOc1ccccc1CNC(=NC)NCCOCc1ccccc1.I. The van der Waals surface area contributed by atoms with Crippen molar-refractivity contribution in [2.45, 2.75) is 13.2 Å². The molecule has 2 aromatic rings. The van der Waals surface area contributed by atoms with Crippen LogP contribution in [0, 0.1) is 0 Å². The lowest BCUT2D eigenvalue weighted by Crippen LogP contribution is -2.38. The summed E-state index contributed by atoms with van der Waals surface area (Å²) in [6.45, 7) is 6.69. The quantitative estimate of drug-likeness (QED) is 0.179. The van der Waals surface area contributed by atoms with Crippen LogP contribution >= 0.6 is 24.0 Å². The summed E-state index contributed by atoms with van der Waals surface area (Å²) in [6.07, 6.45) is 1.74. The molecule has 0 aliphatic rings. The first-order valence-electron chi connectivity index (χ1n) is 8.71. The van der Waals surface area contributed by atoms with Crippen LogP contribution in [0.1, 0.15) is 11.1 Å². The summed E-state index contributed by atoms with van der Waals surface area (Å²) < 4.78 is 11.3. The number of hydrogen-bond donors (Lipinski definition) is 2. The molecule has 2 N–H and O–H groups in total. The zero-order valence-electron chi connectivity index (χ0n) is 15.7. The fourth-order valence-electron chi connectivity index (χ4n) is 2.34. The van der Waals surface area contributed by atoms with Gasteiger partial charge in [0.1, 0.15) is 12.4 Å². The van der Waals surface area contributed by atoms with Crippen LogP contribution in [-0.2, 0) is 17.9 Å². The second-order valence-corrected chi connectivity index (χ2v) is 5.60. The molecule has 0 saturated carbocycles. The minimum absolute atomic E-state index is 0. The second kappa shape index (κ2) is 14.1. The molecule has 5 nitrogen and oxygen atoms in total. The van der Waals surface area contributed by atoms with E-state index in [9.17, 15) is 0 Å². The van der Waals surface area contributed by atoms with Crippen molar-refractivity contribution in [1.82, 2.24) is 10.6 Å². The van der Waals surface area contributed by atoms with E-state index in [0.717, 1.165) is 17.3 Å². The van der Waals surface area contributed by atoms with Gasteiger partial charge < -0.3 is 20.1 Å². The van der Waals surface area contributed by atoms with Crippen molar-refractivity contribution >= 4 is 29.9 Å². The minimum atomic E-state index is 0. The van der Waals surface area contributed by atoms with E-state index in [2.05, 4.69) is 34.3 Å². The Kier molecular flexibility index (Phi) is 12.0. The highest BCUT2D eigenvalue weighted by Crippen LogP contribution is 2.17. The lowest BCUT2D eigenvalue weighted by molar-refractivity contribution is 0.125. The zero-order valence-corrected chi connectivity index (χ0v) is 18.0. The molecular formula is C21H28IN3O2. The van der Waals surface area contributed by atoms with Crippen molar-refractivity contribution in [3.8, 4) is 5.75 Å². The Bertz CT molecular complexity index is 693. The molecule has 0 fully saturated rings. The molecular weight excluding hydrogens is 453 g/mol. The van der Waals surface area contributed by atoms with Crippen LogP contribution in [0.5, 0.6) is 5.75 Å². The normalized spacial score (nSPS) is 10.6. The molecule has 0 aromatic heterocycles. The number of benzene rings is 2. The van der Waals surface area contributed by atoms with E-state index in [0.29, 0.717) is 32.9 Å². The molecule has 0 saturated heterocycles. The Labute approximate surface area is 178 Å². The molecule has 0 bridgehead atoms. The molecule has 0 radical (unpaired) electrons. The topological polar surface area (TPSA) is 54.9 Å². The number of ether oxygens (including phenoxy) is 2. The van der Waals surface area contributed by atoms with Crippen LogP contribution in [-0.4, -0.2) is 32.8 Å². The van der Waals surface area contributed by atoms with Crippen LogP contribution in [0.15, 0.2) is 72.2 Å². The summed E-state index contributed by atoms with van der Waals surface area (Å²) in [5.74, 6) is 1.58. The van der Waals surface area contributed by atoms with Gasteiger partial charge in [0.2, 0.25) is 0 Å². The summed E-state index contributed by atoms with van der Waals surface area (Å²) in [6, 6.07) is 18.1. The predicted octanol–water partition coefficient (Wildman–Crippen LogP) is 3.75. The number of guanidine groups is 1. The van der Waals surface area contributed by atoms with Gasteiger partial charge in [-0.25, -0.2) is 0 Å². The van der Waals surface area contributed by atoms with Gasteiger partial charge in [-0.15, -0.1) is 24.0 Å². The lowest BCUT2D eigenvalue weighted by Gasteiger charge is -2.14. The molecule has 0 unspecified atom stereocenters. The van der Waals surface area contributed by atoms with Gasteiger partial charge in [0.15, 0.2) is 5.96 Å². The third kappa shape index (κ3) is 8.92. The van der Waals surface area contributed by atoms with Gasteiger partial charge in [-0.2, -0.15) is 0 Å². The summed E-state index contributed by atoms with van der Waals surface area (Å²) in [5.41, 5.74) is 2.24. The molecule has 146 valence electrons. The third-order valence-corrected chi connectivity index (χ3v) is 3.65. The summed E-state index contributed by atoms with van der Waals surface area (Å²) >= 11 is 0. The Balaban J connectivity index is 0.00000364. The highest BCUT2D eigenvalue weighted by molar-refractivity contribution is 14.0. The molecule has 0 aliphatic carbocycles. The van der Waals surface area contributed by atoms with E-state index < -0.39 is 0 Å². The predicted molar refractivity (Wildman–Crippen MR) is 122 cm³/mol. The summed E-state index contributed by atoms with van der Waals surface area (Å²) in [5, 5.41) is 6.53. The number of nitrogens with one attached hydrogen (secondary N) is 2. The number of aliphatic imine (C=N–C) groups is 1. The summed E-state index contributed by atoms with van der Waals surface area (Å²) in [7, 11) is 1.75. The molecule has 2 rings (SSSR count). The number of halogens is 1. The zero-order chi connectivity index (χ0) is 18.5. The summed E-state index contributed by atoms with van der Waals surface area (Å²) in [4.78, 5) is 4.23. The van der Waals surface area contributed by atoms with Gasteiger partial charge in [-0.1, -0.05) is 61.2 Å². The van der Waals surface area contributed by atoms with E-state index in [1.165, 1.54) is 5.56 Å². The van der Waals surface area contributed by atoms with Crippen molar-refractivity contribution < 1.29 is 9.47 Å². The Hall–Kier alpha value is -2.06. The average molecular weight is 481 g/mol. The highest BCUT2D eigenvalue weighted by Gasteiger charge is 2.04. The number of para-hydroxylation sites is 1. The van der Waals surface area contributed by atoms with Crippen molar-refractivity contribution in [3.63, 3.8) is 0 Å². The van der Waals surface area contributed by atoms with E-state index in [4.69, 9.17) is 9.47 Å². The first-order chi connectivity index (χ1) is 12.8. The number of hydrogen-bond acceptors (Lipinski definition) is 3. The third-order valence-electron chi connectivity index (χ3n) is 3.65. The van der Waals surface area contributed by atoms with Gasteiger partial charge in [-0.05, 0) is 11.6 Å². The highest BCUT2D eigenvalue weighted by atomic mass is 127. The van der Waals surface area contributed by atoms with Crippen LogP contribution in [0.25, 0.3) is 0 Å². The van der Waals surface area contributed by atoms with Crippen molar-refractivity contribution in [2.75, 3.05) is 26.8 Å². The van der Waals surface area contributed by atoms with E-state index in [-0.39, 0.29) is 24.0 Å². The van der Waals surface area contributed by atoms with Crippen molar-refractivity contribution in [1.29, 1.82) is 0 Å². The largest absolute Gasteiger partial charge is 0.489 e. The maximum absolute atomic E-state index is 5.67. The van der Waals surface area contributed by atoms with Gasteiger partial charge >= 0.3 is 0 Å². The number of nitrogens with zero attached hydrogens (tertiary/aromatic N) is 1. The molecule has 0 atom stereocenters. The maximum Gasteiger partial charge on any atom is 0.191 e. The van der Waals surface area contributed by atoms with Gasteiger partial charge in [0, 0.05) is 25.7 Å². The van der Waals surface area contributed by atoms with Gasteiger partial charge in [0.25, 0.3) is 0 Å². The Morgan fingerprint density at radius 2 is 1.81 bits per heavy atom. The van der Waals surface area contributed by atoms with E-state index >= 15 is 0 Å². The molecule has 2 aromatic carbocycles. The molecule has 0 amide bonds. The van der Waals surface area contributed by atoms with Crippen molar-refractivity contribution in [3.05, 3.63) is 78.4 Å². The van der Waals surface area contributed by atoms with E-state index in [1.54, 1.807) is 13.1 Å². The first kappa shape index (κ1) is 23.0. The molecule has 0 aliphatic heterocycles. The minimum Gasteiger partial charge on any atom is -0.489 e. The standard InChI is InChI=1S/C21H27N3O2.HI/c1-3-14-26-20-12-8-7-11-19(20)16-24-21(22-2)23-13-15-25-17-18-9-5-4-6-10-18;/h3-12H,1,13-17H2,2H3,(H2,22,23,24);1H. The fraction of sp³-hybridized carbons (Fsp3) is 0.286. The monoisotopic (exact) mass is 481 g/mol. The fourth-order valence-corrected chi connectivity index (χ4v) is 2.34. The molecule has 0 spiro atoms. The van der Waals surface area contributed by atoms with Crippen molar-refractivity contribution in [2.24, 2.45) is 4.99 Å². The second-order valence-electron chi connectivity index (χ2n) is 5.60. The molecule has 0 heterocycles. The smallest absolute Gasteiger partial charge is 0.191 e. The Morgan fingerprint density at radius 3 is 2.56 bits per heavy atom. The van der Waals surface area contributed by atoms with E-state index in [1.807, 2.05) is 42.5 Å². The molecule has 6 heteroatoms. The van der Waals surface area contributed by atoms with Crippen LogP contribution in [0.3, 0.4) is 0 Å². The lowest BCUT2D eigenvalue weighted by atomic mass is 10.2.